The first kappa shape index (κ1) is 12.8. The van der Waals surface area contributed by atoms with Gasteiger partial charge in [0.2, 0.25) is 0 Å². The van der Waals surface area contributed by atoms with Gasteiger partial charge in [0.05, 0.1) is 0 Å². The van der Waals surface area contributed by atoms with Crippen molar-refractivity contribution in [3.05, 3.63) is 35.4 Å². The Morgan fingerprint density at radius 1 is 1.13 bits per heavy atom. The van der Waals surface area contributed by atoms with E-state index in [4.69, 9.17) is 0 Å². The summed E-state index contributed by atoms with van der Waals surface area (Å²) >= 11 is 3.81. The summed E-state index contributed by atoms with van der Waals surface area (Å²) < 4.78 is 0. The van der Waals surface area contributed by atoms with E-state index in [0.29, 0.717) is 10.7 Å². The van der Waals surface area contributed by atoms with Gasteiger partial charge >= 0.3 is 0 Å². The maximum absolute atomic E-state index is 3.81. The third-order valence-corrected chi connectivity index (χ3v) is 4.46. The Morgan fingerprint density at radius 2 is 1.73 bits per heavy atom. The Bertz CT molecular complexity index is 304. The molecule has 15 heavy (non-hydrogen) atoms. The zero-order valence-electron chi connectivity index (χ0n) is 10.1. The molecule has 0 aliphatic carbocycles. The Kier molecular flexibility index (Phi) is 4.85. The number of halogens is 1. The van der Waals surface area contributed by atoms with Gasteiger partial charge in [-0.3, -0.25) is 0 Å². The van der Waals surface area contributed by atoms with Crippen molar-refractivity contribution in [3.63, 3.8) is 0 Å². The molecule has 2 atom stereocenters. The standard InChI is InChI=1S/C14H21Br/c1-10(2)12(4)14(15)9-13-8-6-5-7-11(13)3/h5-8,10,12,14H,9H2,1-4H3. The number of hydrogen-bond acceptors (Lipinski definition) is 0. The second-order valence-corrected chi connectivity index (χ2v) is 5.93. The summed E-state index contributed by atoms with van der Waals surface area (Å²) in [5, 5.41) is 0. The van der Waals surface area contributed by atoms with Crippen LogP contribution >= 0.6 is 15.9 Å². The number of aryl methyl sites for hydroxylation is 1. The first-order valence-electron chi connectivity index (χ1n) is 5.71. The Hall–Kier alpha value is -0.300. The van der Waals surface area contributed by atoms with Crippen molar-refractivity contribution in [3.8, 4) is 0 Å². The van der Waals surface area contributed by atoms with Gasteiger partial charge < -0.3 is 0 Å². The van der Waals surface area contributed by atoms with Crippen LogP contribution in [0.5, 0.6) is 0 Å². The molecule has 0 radical (unpaired) electrons. The molecule has 2 unspecified atom stereocenters. The lowest BCUT2D eigenvalue weighted by Gasteiger charge is -2.22. The smallest absolute Gasteiger partial charge is 0.0214 e. The lowest BCUT2D eigenvalue weighted by atomic mass is 9.90. The molecule has 0 saturated carbocycles. The SMILES string of the molecule is Cc1ccccc1CC(Br)C(C)C(C)C. The molecule has 1 rings (SSSR count). The highest BCUT2D eigenvalue weighted by atomic mass is 79.9. The molecule has 0 aliphatic rings. The van der Waals surface area contributed by atoms with E-state index in [1.807, 2.05) is 0 Å². The maximum Gasteiger partial charge on any atom is 0.0214 e. The van der Waals surface area contributed by atoms with Crippen molar-refractivity contribution < 1.29 is 0 Å². The molecule has 84 valence electrons. The van der Waals surface area contributed by atoms with Crippen molar-refractivity contribution in [2.45, 2.75) is 38.9 Å². The van der Waals surface area contributed by atoms with Crippen LogP contribution in [0.15, 0.2) is 24.3 Å². The fraction of sp³-hybridized carbons (Fsp3) is 0.571. The molecular formula is C14H21Br. The average Bonchev–Trinajstić information content (AvgIpc) is 2.20. The second kappa shape index (κ2) is 5.69. The van der Waals surface area contributed by atoms with E-state index >= 15 is 0 Å². The lowest BCUT2D eigenvalue weighted by molar-refractivity contribution is 0.407. The van der Waals surface area contributed by atoms with Gasteiger partial charge in [0.1, 0.15) is 0 Å². The van der Waals surface area contributed by atoms with E-state index in [1.165, 1.54) is 11.1 Å². The first-order chi connectivity index (χ1) is 7.02. The van der Waals surface area contributed by atoms with Gasteiger partial charge in [0.25, 0.3) is 0 Å². The molecule has 0 spiro atoms. The normalized spacial score (nSPS) is 15.3. The van der Waals surface area contributed by atoms with Gasteiger partial charge in [-0.1, -0.05) is 61.0 Å². The van der Waals surface area contributed by atoms with Crippen molar-refractivity contribution in [1.29, 1.82) is 0 Å². The highest BCUT2D eigenvalue weighted by Crippen LogP contribution is 2.25. The van der Waals surface area contributed by atoms with Gasteiger partial charge in [-0.25, -0.2) is 0 Å². The van der Waals surface area contributed by atoms with Gasteiger partial charge in [-0.2, -0.15) is 0 Å². The summed E-state index contributed by atoms with van der Waals surface area (Å²) in [5.74, 6) is 1.45. The number of benzene rings is 1. The minimum Gasteiger partial charge on any atom is -0.0884 e. The molecule has 1 aromatic rings. The van der Waals surface area contributed by atoms with Gasteiger partial charge in [0, 0.05) is 4.83 Å². The molecule has 0 aromatic heterocycles. The van der Waals surface area contributed by atoms with Gasteiger partial charge in [-0.05, 0) is 36.3 Å². The van der Waals surface area contributed by atoms with E-state index in [0.717, 1.165) is 12.3 Å². The molecule has 0 heterocycles. The summed E-state index contributed by atoms with van der Waals surface area (Å²) in [6.45, 7) is 9.09. The van der Waals surface area contributed by atoms with Crippen LogP contribution in [0.3, 0.4) is 0 Å². The van der Waals surface area contributed by atoms with Crippen LogP contribution in [-0.4, -0.2) is 4.83 Å². The third kappa shape index (κ3) is 3.64. The summed E-state index contributed by atoms with van der Waals surface area (Å²) in [5.41, 5.74) is 2.87. The molecule has 0 aliphatic heterocycles. The van der Waals surface area contributed by atoms with Crippen LogP contribution in [0.1, 0.15) is 31.9 Å². The van der Waals surface area contributed by atoms with E-state index < -0.39 is 0 Å². The predicted octanol–water partition coefficient (Wildman–Crippen LogP) is 4.59. The summed E-state index contributed by atoms with van der Waals surface area (Å²) in [4.78, 5) is 0.582. The predicted molar refractivity (Wildman–Crippen MR) is 71.6 cm³/mol. The Balaban J connectivity index is 2.66. The van der Waals surface area contributed by atoms with Gasteiger partial charge in [-0.15, -0.1) is 0 Å². The molecule has 0 N–H and O–H groups in total. The highest BCUT2D eigenvalue weighted by molar-refractivity contribution is 9.09. The topological polar surface area (TPSA) is 0 Å². The first-order valence-corrected chi connectivity index (χ1v) is 6.62. The third-order valence-electron chi connectivity index (χ3n) is 3.30. The molecule has 0 fully saturated rings. The molecule has 0 saturated heterocycles. The number of alkyl halides is 1. The molecule has 0 nitrogen and oxygen atoms in total. The molecular weight excluding hydrogens is 248 g/mol. The van der Waals surface area contributed by atoms with E-state index in [2.05, 4.69) is 67.9 Å². The fourth-order valence-electron chi connectivity index (χ4n) is 1.65. The van der Waals surface area contributed by atoms with Crippen LogP contribution in [0, 0.1) is 18.8 Å². The van der Waals surface area contributed by atoms with E-state index in [9.17, 15) is 0 Å². The van der Waals surface area contributed by atoms with Crippen molar-refractivity contribution >= 4 is 15.9 Å². The fourth-order valence-corrected chi connectivity index (χ4v) is 2.61. The minimum atomic E-state index is 0.582. The van der Waals surface area contributed by atoms with Crippen LogP contribution in [0.2, 0.25) is 0 Å². The summed E-state index contributed by atoms with van der Waals surface area (Å²) in [6.07, 6.45) is 1.13. The highest BCUT2D eigenvalue weighted by Gasteiger charge is 2.18. The van der Waals surface area contributed by atoms with Crippen molar-refractivity contribution in [2.24, 2.45) is 11.8 Å². The summed E-state index contributed by atoms with van der Waals surface area (Å²) in [7, 11) is 0. The molecule has 1 heteroatoms. The molecule has 0 amide bonds. The Labute approximate surface area is 102 Å². The zero-order chi connectivity index (χ0) is 11.4. The van der Waals surface area contributed by atoms with Crippen molar-refractivity contribution in [1.82, 2.24) is 0 Å². The second-order valence-electron chi connectivity index (χ2n) is 4.75. The summed E-state index contributed by atoms with van der Waals surface area (Å²) in [6, 6.07) is 8.65. The molecule has 1 aromatic carbocycles. The minimum absolute atomic E-state index is 0.582. The van der Waals surface area contributed by atoms with Crippen molar-refractivity contribution in [2.75, 3.05) is 0 Å². The largest absolute Gasteiger partial charge is 0.0884 e. The Morgan fingerprint density at radius 3 is 2.27 bits per heavy atom. The van der Waals surface area contributed by atoms with Crippen LogP contribution in [0.4, 0.5) is 0 Å². The quantitative estimate of drug-likeness (QED) is 0.701. The van der Waals surface area contributed by atoms with Crippen LogP contribution in [0.25, 0.3) is 0 Å². The molecule has 0 bridgehead atoms. The van der Waals surface area contributed by atoms with E-state index in [1.54, 1.807) is 0 Å². The number of hydrogen-bond donors (Lipinski definition) is 0. The van der Waals surface area contributed by atoms with Crippen LogP contribution in [-0.2, 0) is 6.42 Å². The monoisotopic (exact) mass is 268 g/mol. The maximum atomic E-state index is 3.81. The average molecular weight is 269 g/mol. The van der Waals surface area contributed by atoms with Crippen LogP contribution < -0.4 is 0 Å². The number of rotatable bonds is 4. The van der Waals surface area contributed by atoms with E-state index in [-0.39, 0.29) is 0 Å². The zero-order valence-corrected chi connectivity index (χ0v) is 11.7. The lowest BCUT2D eigenvalue weighted by Crippen LogP contribution is -2.19. The van der Waals surface area contributed by atoms with Gasteiger partial charge in [0.15, 0.2) is 0 Å².